The van der Waals surface area contributed by atoms with Crippen LogP contribution in [0.1, 0.15) is 18.0 Å². The van der Waals surface area contributed by atoms with Crippen LogP contribution in [0.4, 0.5) is 0 Å². The van der Waals surface area contributed by atoms with Crippen LogP contribution in [-0.2, 0) is 0 Å². The van der Waals surface area contributed by atoms with Crippen molar-refractivity contribution in [2.24, 2.45) is 0 Å². The molecular formula is C11H15NO3. The highest BCUT2D eigenvalue weighted by Gasteiger charge is 2.26. The highest BCUT2D eigenvalue weighted by Crippen LogP contribution is 2.40. The number of hydrogen-bond donors (Lipinski definition) is 2. The fraction of sp³-hybridized carbons (Fsp3) is 0.455. The Labute approximate surface area is 88.8 Å². The summed E-state index contributed by atoms with van der Waals surface area (Å²) in [5.41, 5.74) is 0.990. The number of phenolic OH excluding ortho intramolecular Hbond substituents is 1. The van der Waals surface area contributed by atoms with E-state index in [1.165, 1.54) is 0 Å². The molecule has 0 unspecified atom stereocenters. The molecule has 0 spiro atoms. The number of nitrogens with one attached hydrogen (secondary N) is 1. The molecular weight excluding hydrogens is 194 g/mol. The average Bonchev–Trinajstić information content (AvgIpc) is 2.17. The van der Waals surface area contributed by atoms with Crippen molar-refractivity contribution in [1.29, 1.82) is 0 Å². The zero-order valence-electron chi connectivity index (χ0n) is 8.91. The summed E-state index contributed by atoms with van der Waals surface area (Å²) >= 11 is 0. The van der Waals surface area contributed by atoms with Gasteiger partial charge in [-0.1, -0.05) is 0 Å². The Balaban J connectivity index is 2.46. The van der Waals surface area contributed by atoms with Crippen molar-refractivity contribution in [1.82, 2.24) is 5.32 Å². The molecule has 1 saturated heterocycles. The van der Waals surface area contributed by atoms with E-state index < -0.39 is 0 Å². The van der Waals surface area contributed by atoms with Crippen molar-refractivity contribution >= 4 is 0 Å². The molecule has 1 fully saturated rings. The number of methoxy groups -OCH3 is 2. The second kappa shape index (κ2) is 3.98. The Morgan fingerprint density at radius 1 is 1.27 bits per heavy atom. The predicted octanol–water partition coefficient (Wildman–Crippen LogP) is 1.44. The van der Waals surface area contributed by atoms with Crippen LogP contribution in [0.15, 0.2) is 12.1 Å². The van der Waals surface area contributed by atoms with E-state index in [-0.39, 0.29) is 11.8 Å². The van der Waals surface area contributed by atoms with E-state index in [1.54, 1.807) is 26.4 Å². The fourth-order valence-electron chi connectivity index (χ4n) is 1.80. The first-order valence-corrected chi connectivity index (χ1v) is 4.94. The summed E-state index contributed by atoms with van der Waals surface area (Å²) in [6, 6.07) is 3.49. The number of phenols is 1. The molecule has 0 bridgehead atoms. The maximum atomic E-state index is 9.47. The quantitative estimate of drug-likeness (QED) is 0.791. The maximum absolute atomic E-state index is 9.47. The molecule has 1 aliphatic heterocycles. The second-order valence-corrected chi connectivity index (χ2v) is 3.56. The van der Waals surface area contributed by atoms with Crippen LogP contribution in [0.2, 0.25) is 0 Å². The van der Waals surface area contributed by atoms with E-state index in [0.717, 1.165) is 18.5 Å². The van der Waals surface area contributed by atoms with Gasteiger partial charge in [0.05, 0.1) is 19.8 Å². The van der Waals surface area contributed by atoms with Gasteiger partial charge in [-0.05, 0) is 13.0 Å². The van der Waals surface area contributed by atoms with Crippen molar-refractivity contribution in [3.63, 3.8) is 0 Å². The molecule has 1 aromatic carbocycles. The van der Waals surface area contributed by atoms with Crippen LogP contribution >= 0.6 is 0 Å². The third kappa shape index (κ3) is 1.72. The van der Waals surface area contributed by atoms with Crippen LogP contribution in [0.3, 0.4) is 0 Å². The molecule has 82 valence electrons. The highest BCUT2D eigenvalue weighted by atomic mass is 16.5. The summed E-state index contributed by atoms with van der Waals surface area (Å²) in [6.07, 6.45) is 1.07. The molecule has 0 aromatic heterocycles. The Kier molecular flexibility index (Phi) is 2.68. The van der Waals surface area contributed by atoms with Gasteiger partial charge in [-0.2, -0.15) is 0 Å². The number of hydrogen-bond acceptors (Lipinski definition) is 4. The lowest BCUT2D eigenvalue weighted by Crippen LogP contribution is -2.35. The number of aromatic hydroxyl groups is 1. The SMILES string of the molecule is COc1cc(O)cc(OC)c1[C@@H]1CCN1. The molecule has 15 heavy (non-hydrogen) atoms. The van der Waals surface area contributed by atoms with Crippen molar-refractivity contribution in [2.45, 2.75) is 12.5 Å². The third-order valence-corrected chi connectivity index (χ3v) is 2.70. The molecule has 4 nitrogen and oxygen atoms in total. The van der Waals surface area contributed by atoms with Gasteiger partial charge in [-0.25, -0.2) is 0 Å². The Hall–Kier alpha value is -1.42. The van der Waals surface area contributed by atoms with Crippen LogP contribution in [0, 0.1) is 0 Å². The molecule has 2 rings (SSSR count). The van der Waals surface area contributed by atoms with Crippen molar-refractivity contribution in [3.05, 3.63) is 17.7 Å². The lowest BCUT2D eigenvalue weighted by Gasteiger charge is -2.30. The van der Waals surface area contributed by atoms with Gasteiger partial charge in [-0.3, -0.25) is 0 Å². The number of rotatable bonds is 3. The monoisotopic (exact) mass is 209 g/mol. The van der Waals surface area contributed by atoms with E-state index in [2.05, 4.69) is 5.32 Å². The van der Waals surface area contributed by atoms with E-state index in [9.17, 15) is 5.11 Å². The van der Waals surface area contributed by atoms with Gasteiger partial charge in [0.15, 0.2) is 0 Å². The van der Waals surface area contributed by atoms with Crippen LogP contribution in [-0.4, -0.2) is 25.9 Å². The first kappa shape index (κ1) is 10.1. The Morgan fingerprint density at radius 3 is 2.13 bits per heavy atom. The van der Waals surface area contributed by atoms with Crippen molar-refractivity contribution in [2.75, 3.05) is 20.8 Å². The zero-order chi connectivity index (χ0) is 10.8. The summed E-state index contributed by atoms with van der Waals surface area (Å²) < 4.78 is 10.5. The summed E-state index contributed by atoms with van der Waals surface area (Å²) in [7, 11) is 3.19. The number of ether oxygens (including phenoxy) is 2. The third-order valence-electron chi connectivity index (χ3n) is 2.70. The summed E-state index contributed by atoms with van der Waals surface area (Å²) in [4.78, 5) is 0. The highest BCUT2D eigenvalue weighted by molar-refractivity contribution is 5.52. The van der Waals surface area contributed by atoms with E-state index in [1.807, 2.05) is 0 Å². The molecule has 1 aliphatic rings. The van der Waals surface area contributed by atoms with Crippen LogP contribution in [0.25, 0.3) is 0 Å². The van der Waals surface area contributed by atoms with Crippen molar-refractivity contribution in [3.8, 4) is 17.2 Å². The molecule has 0 aliphatic carbocycles. The van der Waals surface area contributed by atoms with Gasteiger partial charge in [0.25, 0.3) is 0 Å². The van der Waals surface area contributed by atoms with E-state index in [4.69, 9.17) is 9.47 Å². The molecule has 1 atom stereocenters. The average molecular weight is 209 g/mol. The molecule has 0 radical (unpaired) electrons. The van der Waals surface area contributed by atoms with E-state index in [0.29, 0.717) is 11.5 Å². The summed E-state index contributed by atoms with van der Waals surface area (Å²) in [5.74, 6) is 1.50. The molecule has 4 heteroatoms. The van der Waals surface area contributed by atoms with E-state index >= 15 is 0 Å². The molecule has 1 heterocycles. The Bertz CT molecular complexity index is 336. The normalized spacial score (nSPS) is 19.5. The zero-order valence-corrected chi connectivity index (χ0v) is 8.91. The van der Waals surface area contributed by atoms with Gasteiger partial charge in [-0.15, -0.1) is 0 Å². The van der Waals surface area contributed by atoms with Crippen LogP contribution < -0.4 is 14.8 Å². The minimum atomic E-state index is 0.159. The Morgan fingerprint density at radius 2 is 1.80 bits per heavy atom. The van der Waals surface area contributed by atoms with Crippen molar-refractivity contribution < 1.29 is 14.6 Å². The van der Waals surface area contributed by atoms with Gasteiger partial charge < -0.3 is 19.9 Å². The molecule has 2 N–H and O–H groups in total. The topological polar surface area (TPSA) is 50.7 Å². The predicted molar refractivity (Wildman–Crippen MR) is 56.6 cm³/mol. The summed E-state index contributed by atoms with van der Waals surface area (Å²) in [6.45, 7) is 1.01. The largest absolute Gasteiger partial charge is 0.508 e. The van der Waals surface area contributed by atoms with Gasteiger partial charge >= 0.3 is 0 Å². The lowest BCUT2D eigenvalue weighted by atomic mass is 9.96. The van der Waals surface area contributed by atoms with Gasteiger partial charge in [0.2, 0.25) is 0 Å². The fourth-order valence-corrected chi connectivity index (χ4v) is 1.80. The molecule has 0 amide bonds. The molecule has 0 saturated carbocycles. The summed E-state index contributed by atoms with van der Waals surface area (Å²) in [5, 5.41) is 12.8. The van der Waals surface area contributed by atoms with Gasteiger partial charge in [0, 0.05) is 18.2 Å². The number of benzene rings is 1. The first-order valence-electron chi connectivity index (χ1n) is 4.94. The molecule has 1 aromatic rings. The lowest BCUT2D eigenvalue weighted by molar-refractivity contribution is 0.327. The minimum absolute atomic E-state index is 0.159. The minimum Gasteiger partial charge on any atom is -0.508 e. The van der Waals surface area contributed by atoms with Crippen LogP contribution in [0.5, 0.6) is 17.2 Å². The maximum Gasteiger partial charge on any atom is 0.131 e. The second-order valence-electron chi connectivity index (χ2n) is 3.56. The smallest absolute Gasteiger partial charge is 0.131 e. The van der Waals surface area contributed by atoms with Gasteiger partial charge in [0.1, 0.15) is 17.2 Å². The first-order chi connectivity index (χ1) is 7.26. The standard InChI is InChI=1S/C11H15NO3/c1-14-9-5-7(13)6-10(15-2)11(9)8-3-4-12-8/h5-6,8,12-13H,3-4H2,1-2H3/t8-/m0/s1.